The van der Waals surface area contributed by atoms with E-state index in [1.54, 1.807) is 12.1 Å². The molecule has 0 aliphatic heterocycles. The van der Waals surface area contributed by atoms with Crippen LogP contribution in [0.15, 0.2) is 46.5 Å². The number of hydrogen-bond acceptors (Lipinski definition) is 9. The molecule has 5 aromatic rings. The topological polar surface area (TPSA) is 113 Å². The van der Waals surface area contributed by atoms with Crippen LogP contribution in [0.25, 0.3) is 33.1 Å². The second kappa shape index (κ2) is 5.93. The Labute approximate surface area is 159 Å². The fraction of sp³-hybridized carbons (Fsp3) is 0.0625. The van der Waals surface area contributed by atoms with Crippen molar-refractivity contribution >= 4 is 62.3 Å². The predicted molar refractivity (Wildman–Crippen MR) is 102 cm³/mol. The van der Waals surface area contributed by atoms with Crippen molar-refractivity contribution in [2.45, 2.75) is 10.1 Å². The number of nitrogens with zero attached hydrogens (tertiary/aromatic N) is 7. The maximum Gasteiger partial charge on any atom is 0.312 e. The molecular formula is C16H9N7O2S2. The molecule has 0 bridgehead atoms. The van der Waals surface area contributed by atoms with Gasteiger partial charge >= 0.3 is 5.69 Å². The first-order chi connectivity index (χ1) is 13.1. The highest BCUT2D eigenvalue weighted by Gasteiger charge is 2.23. The molecule has 0 spiro atoms. The number of rotatable bonds is 3. The van der Waals surface area contributed by atoms with Gasteiger partial charge in [-0.25, -0.2) is 4.98 Å². The van der Waals surface area contributed by atoms with Crippen LogP contribution in [0.1, 0.15) is 0 Å². The Morgan fingerprint density at radius 2 is 1.96 bits per heavy atom. The van der Waals surface area contributed by atoms with Crippen molar-refractivity contribution in [3.8, 4) is 0 Å². The normalized spacial score (nSPS) is 11.6. The molecule has 0 unspecified atom stereocenters. The first-order valence-corrected chi connectivity index (χ1v) is 9.33. The molecule has 0 aliphatic carbocycles. The molecule has 0 atom stereocenters. The Bertz CT molecular complexity index is 1360. The van der Waals surface area contributed by atoms with Crippen molar-refractivity contribution in [3.63, 3.8) is 0 Å². The van der Waals surface area contributed by atoms with Gasteiger partial charge in [0.05, 0.1) is 27.1 Å². The number of fused-ring (bicyclic) bond motifs is 4. The highest BCUT2D eigenvalue weighted by molar-refractivity contribution is 7.99. The molecule has 0 N–H and O–H groups in total. The second-order valence-corrected chi connectivity index (χ2v) is 7.28. The van der Waals surface area contributed by atoms with Gasteiger partial charge in [0.2, 0.25) is 5.16 Å². The van der Waals surface area contributed by atoms with Crippen LogP contribution in [-0.2, 0) is 7.05 Å². The van der Waals surface area contributed by atoms with Gasteiger partial charge in [0, 0.05) is 12.4 Å². The van der Waals surface area contributed by atoms with Gasteiger partial charge in [-0.05, 0) is 30.0 Å². The molecule has 0 aliphatic rings. The molecule has 3 aromatic heterocycles. The number of para-hydroxylation sites is 1. The molecule has 9 nitrogen and oxygen atoms in total. The van der Waals surface area contributed by atoms with E-state index in [4.69, 9.17) is 0 Å². The molecule has 0 radical (unpaired) electrons. The maximum atomic E-state index is 11.6. The van der Waals surface area contributed by atoms with Gasteiger partial charge in [-0.3, -0.25) is 10.1 Å². The number of aryl methyl sites for hydroxylation is 1. The second-order valence-electron chi connectivity index (χ2n) is 5.75. The molecule has 132 valence electrons. The molecule has 0 saturated heterocycles. The van der Waals surface area contributed by atoms with Gasteiger partial charge in [0.25, 0.3) is 0 Å². The lowest BCUT2D eigenvalue weighted by Crippen LogP contribution is -1.97. The summed E-state index contributed by atoms with van der Waals surface area (Å²) in [4.78, 5) is 16.1. The summed E-state index contributed by atoms with van der Waals surface area (Å²) in [5.74, 6) is 0. The summed E-state index contributed by atoms with van der Waals surface area (Å²) < 4.78 is 10.0. The van der Waals surface area contributed by atoms with Crippen molar-refractivity contribution < 1.29 is 4.92 Å². The molecule has 0 amide bonds. The fourth-order valence-electron chi connectivity index (χ4n) is 3.01. The maximum absolute atomic E-state index is 11.6. The zero-order valence-corrected chi connectivity index (χ0v) is 15.4. The van der Waals surface area contributed by atoms with Gasteiger partial charge in [0.15, 0.2) is 11.2 Å². The Hall–Kier alpha value is -3.18. The molecular weight excluding hydrogens is 386 g/mol. The zero-order valence-electron chi connectivity index (χ0n) is 13.7. The van der Waals surface area contributed by atoms with Gasteiger partial charge in [-0.2, -0.15) is 8.75 Å². The molecule has 11 heteroatoms. The summed E-state index contributed by atoms with van der Waals surface area (Å²) in [7, 11) is 1.91. The monoisotopic (exact) mass is 395 g/mol. The van der Waals surface area contributed by atoms with Crippen molar-refractivity contribution in [2.24, 2.45) is 7.05 Å². The smallest absolute Gasteiger partial charge is 0.312 e. The van der Waals surface area contributed by atoms with E-state index in [0.29, 0.717) is 26.7 Å². The number of benzene rings is 2. The van der Waals surface area contributed by atoms with Crippen LogP contribution in [0.4, 0.5) is 5.69 Å². The Morgan fingerprint density at radius 1 is 1.11 bits per heavy atom. The van der Waals surface area contributed by atoms with Crippen molar-refractivity contribution in [3.05, 3.63) is 46.5 Å². The Morgan fingerprint density at radius 3 is 2.81 bits per heavy atom. The predicted octanol–water partition coefficient (Wildman–Crippen LogP) is 3.58. The highest BCUT2D eigenvalue weighted by Crippen LogP contribution is 2.38. The summed E-state index contributed by atoms with van der Waals surface area (Å²) >= 11 is 2.04. The van der Waals surface area contributed by atoms with Gasteiger partial charge in [-0.15, -0.1) is 10.2 Å². The summed E-state index contributed by atoms with van der Waals surface area (Å²) in [6, 6.07) is 11.2. The average Bonchev–Trinajstić information content (AvgIpc) is 3.25. The van der Waals surface area contributed by atoms with E-state index in [1.165, 1.54) is 0 Å². The average molecular weight is 395 g/mol. The van der Waals surface area contributed by atoms with E-state index in [1.807, 2.05) is 35.9 Å². The van der Waals surface area contributed by atoms with E-state index >= 15 is 0 Å². The third kappa shape index (κ3) is 2.43. The first kappa shape index (κ1) is 16.0. The zero-order chi connectivity index (χ0) is 18.5. The van der Waals surface area contributed by atoms with Crippen LogP contribution in [-0.4, -0.2) is 33.4 Å². The lowest BCUT2D eigenvalue weighted by molar-refractivity contribution is -0.386. The van der Waals surface area contributed by atoms with E-state index in [2.05, 4.69) is 23.9 Å². The largest absolute Gasteiger partial charge is 0.327 e. The van der Waals surface area contributed by atoms with Crippen LogP contribution in [0, 0.1) is 10.1 Å². The van der Waals surface area contributed by atoms with E-state index in [9.17, 15) is 10.1 Å². The number of aromatic nitrogens is 6. The van der Waals surface area contributed by atoms with Gasteiger partial charge < -0.3 is 4.57 Å². The van der Waals surface area contributed by atoms with Gasteiger partial charge in [-0.1, -0.05) is 18.2 Å². The molecule has 27 heavy (non-hydrogen) atoms. The first-order valence-electron chi connectivity index (χ1n) is 7.79. The summed E-state index contributed by atoms with van der Waals surface area (Å²) in [6.45, 7) is 0. The Balaban J connectivity index is 1.66. The summed E-state index contributed by atoms with van der Waals surface area (Å²) in [5.41, 5.74) is 3.05. The SMILES string of the molecule is Cn1c2ccccc2c2nnc(Sc3ccc4nsnc4c3[N+](=O)[O-])nc21. The summed E-state index contributed by atoms with van der Waals surface area (Å²) in [6.07, 6.45) is 0. The molecule has 0 saturated carbocycles. The lowest BCUT2D eigenvalue weighted by atomic mass is 10.2. The minimum Gasteiger partial charge on any atom is -0.327 e. The molecule has 3 heterocycles. The number of hydrogen-bond donors (Lipinski definition) is 0. The minimum atomic E-state index is -0.450. The third-order valence-corrected chi connectivity index (χ3v) is 5.68. The van der Waals surface area contributed by atoms with Gasteiger partial charge in [0.1, 0.15) is 11.0 Å². The molecule has 0 fully saturated rings. The standard InChI is InChI=1S/C16H9N7O2S2/c1-22-10-5-3-2-4-8(10)12-15(22)17-16(19-18-12)26-11-7-6-9-13(21-27-20-9)14(11)23(24)25/h2-7H,1H3. The highest BCUT2D eigenvalue weighted by atomic mass is 32.2. The van der Waals surface area contributed by atoms with Crippen LogP contribution < -0.4 is 0 Å². The lowest BCUT2D eigenvalue weighted by Gasteiger charge is -2.02. The summed E-state index contributed by atoms with van der Waals surface area (Å²) in [5, 5.41) is 21.3. The third-order valence-electron chi connectivity index (χ3n) is 4.24. The van der Waals surface area contributed by atoms with Crippen LogP contribution in [0.3, 0.4) is 0 Å². The van der Waals surface area contributed by atoms with E-state index in [0.717, 1.165) is 34.4 Å². The molecule has 2 aromatic carbocycles. The fourth-order valence-corrected chi connectivity index (χ4v) is 4.36. The van der Waals surface area contributed by atoms with Crippen LogP contribution in [0.5, 0.6) is 0 Å². The number of nitro benzene ring substituents is 1. The van der Waals surface area contributed by atoms with Crippen LogP contribution >= 0.6 is 23.5 Å². The minimum absolute atomic E-state index is 0.0908. The number of nitro groups is 1. The van der Waals surface area contributed by atoms with Crippen molar-refractivity contribution in [2.75, 3.05) is 0 Å². The quantitative estimate of drug-likeness (QED) is 0.336. The Kier molecular flexibility index (Phi) is 3.52. The molecule has 5 rings (SSSR count). The van der Waals surface area contributed by atoms with E-state index in [-0.39, 0.29) is 11.2 Å². The van der Waals surface area contributed by atoms with E-state index < -0.39 is 4.92 Å². The van der Waals surface area contributed by atoms with Crippen molar-refractivity contribution in [1.29, 1.82) is 0 Å². The van der Waals surface area contributed by atoms with Crippen LogP contribution in [0.2, 0.25) is 0 Å². The van der Waals surface area contributed by atoms with Crippen molar-refractivity contribution in [1.82, 2.24) is 28.5 Å².